The van der Waals surface area contributed by atoms with Gasteiger partial charge in [0.25, 0.3) is 0 Å². The Morgan fingerprint density at radius 2 is 1.37 bits per heavy atom. The van der Waals surface area contributed by atoms with Crippen molar-refractivity contribution in [3.05, 3.63) is 35.9 Å². The molecule has 4 nitrogen and oxygen atoms in total. The summed E-state index contributed by atoms with van der Waals surface area (Å²) in [5, 5.41) is 0. The second-order valence-electron chi connectivity index (χ2n) is 7.37. The lowest BCUT2D eigenvalue weighted by molar-refractivity contribution is -0.160. The average molecular weight is 376 g/mol. The number of hydrogen-bond acceptors (Lipinski definition) is 4. The van der Waals surface area contributed by atoms with Crippen molar-refractivity contribution in [1.82, 2.24) is 0 Å². The zero-order valence-corrected chi connectivity index (χ0v) is 17.0. The molecule has 0 amide bonds. The van der Waals surface area contributed by atoms with Gasteiger partial charge >= 0.3 is 11.9 Å². The highest BCUT2D eigenvalue weighted by Crippen LogP contribution is 2.12. The minimum Gasteiger partial charge on any atom is -0.392 e. The molecule has 0 saturated carbocycles. The van der Waals surface area contributed by atoms with Crippen LogP contribution in [0.25, 0.3) is 0 Å². The second-order valence-corrected chi connectivity index (χ2v) is 7.37. The van der Waals surface area contributed by atoms with Gasteiger partial charge < -0.3 is 10.5 Å². The first-order valence-corrected chi connectivity index (χ1v) is 10.7. The van der Waals surface area contributed by atoms with E-state index in [2.05, 4.69) is 6.92 Å². The van der Waals surface area contributed by atoms with Gasteiger partial charge in [0.2, 0.25) is 0 Å². The van der Waals surface area contributed by atoms with Crippen LogP contribution in [0.15, 0.2) is 30.3 Å². The normalized spacial score (nSPS) is 11.9. The molecule has 1 atom stereocenters. The molecule has 0 aromatic heterocycles. The fraction of sp³-hybridized carbons (Fsp3) is 0.652. The van der Waals surface area contributed by atoms with Crippen LogP contribution < -0.4 is 5.73 Å². The smallest absolute Gasteiger partial charge is 0.330 e. The zero-order valence-electron chi connectivity index (χ0n) is 17.0. The van der Waals surface area contributed by atoms with Gasteiger partial charge in [0, 0.05) is 6.42 Å². The summed E-state index contributed by atoms with van der Waals surface area (Å²) in [6.45, 7) is 2.24. The molecule has 4 heteroatoms. The summed E-state index contributed by atoms with van der Waals surface area (Å²) in [6.07, 6.45) is 14.2. The van der Waals surface area contributed by atoms with E-state index in [9.17, 15) is 9.59 Å². The van der Waals surface area contributed by atoms with Crippen molar-refractivity contribution in [3.8, 4) is 0 Å². The van der Waals surface area contributed by atoms with E-state index < -0.39 is 18.0 Å². The maximum absolute atomic E-state index is 11.9. The Hall–Kier alpha value is -1.68. The number of carbonyl (C=O) groups excluding carboxylic acids is 2. The average Bonchev–Trinajstić information content (AvgIpc) is 2.66. The van der Waals surface area contributed by atoms with Gasteiger partial charge in [-0.25, -0.2) is 4.79 Å². The molecule has 0 radical (unpaired) electrons. The highest BCUT2D eigenvalue weighted by atomic mass is 16.6. The molecule has 2 N–H and O–H groups in total. The Balaban J connectivity index is 1.99. The van der Waals surface area contributed by atoms with Gasteiger partial charge in [-0.05, 0) is 18.4 Å². The van der Waals surface area contributed by atoms with Gasteiger partial charge in [-0.15, -0.1) is 0 Å². The lowest BCUT2D eigenvalue weighted by Crippen LogP contribution is -2.35. The minimum absolute atomic E-state index is 0.292. The van der Waals surface area contributed by atoms with Gasteiger partial charge in [0.15, 0.2) is 0 Å². The highest BCUT2D eigenvalue weighted by molar-refractivity contribution is 5.88. The molecule has 1 aromatic carbocycles. The Morgan fingerprint density at radius 3 is 1.93 bits per heavy atom. The summed E-state index contributed by atoms with van der Waals surface area (Å²) in [4.78, 5) is 23.7. The lowest BCUT2D eigenvalue weighted by Gasteiger charge is -2.10. The molecule has 1 rings (SSSR count). The third-order valence-corrected chi connectivity index (χ3v) is 4.80. The number of ether oxygens (including phenoxy) is 1. The van der Waals surface area contributed by atoms with E-state index in [1.165, 1.54) is 51.4 Å². The van der Waals surface area contributed by atoms with Crippen LogP contribution in [-0.4, -0.2) is 18.0 Å². The number of hydrogen-bond donors (Lipinski definition) is 1. The van der Waals surface area contributed by atoms with E-state index in [0.29, 0.717) is 12.8 Å². The molecule has 0 spiro atoms. The molecular weight excluding hydrogens is 338 g/mol. The molecule has 0 heterocycles. The van der Waals surface area contributed by atoms with Crippen molar-refractivity contribution in [2.75, 3.05) is 0 Å². The van der Waals surface area contributed by atoms with Crippen molar-refractivity contribution in [2.45, 2.75) is 96.4 Å². The fourth-order valence-corrected chi connectivity index (χ4v) is 3.12. The monoisotopic (exact) mass is 375 g/mol. The molecule has 1 aromatic rings. The van der Waals surface area contributed by atoms with E-state index in [4.69, 9.17) is 10.5 Å². The first-order chi connectivity index (χ1) is 13.1. The van der Waals surface area contributed by atoms with Gasteiger partial charge in [-0.2, -0.15) is 0 Å². The van der Waals surface area contributed by atoms with Crippen LogP contribution in [0.1, 0.15) is 89.5 Å². The Kier molecular flexibility index (Phi) is 13.3. The molecule has 0 fully saturated rings. The predicted molar refractivity (Wildman–Crippen MR) is 110 cm³/mol. The van der Waals surface area contributed by atoms with E-state index in [1.807, 2.05) is 30.3 Å². The minimum atomic E-state index is -0.798. The maximum atomic E-state index is 11.9. The number of nitrogens with two attached hydrogens (primary N) is 1. The molecule has 0 aliphatic rings. The SMILES string of the molecule is CCCCCCCCCCCCCC(=O)OC(=O)[C@@H](N)Cc1ccccc1. The Morgan fingerprint density at radius 1 is 0.852 bits per heavy atom. The van der Waals surface area contributed by atoms with Crippen LogP contribution >= 0.6 is 0 Å². The summed E-state index contributed by atoms with van der Waals surface area (Å²) in [7, 11) is 0. The largest absolute Gasteiger partial charge is 0.392 e. The molecule has 0 bridgehead atoms. The van der Waals surface area contributed by atoms with Crippen molar-refractivity contribution in [1.29, 1.82) is 0 Å². The molecule has 0 aliphatic carbocycles. The van der Waals surface area contributed by atoms with Crippen LogP contribution in [0.3, 0.4) is 0 Å². The summed E-state index contributed by atoms with van der Waals surface area (Å²) >= 11 is 0. The van der Waals surface area contributed by atoms with E-state index in [-0.39, 0.29) is 0 Å². The highest BCUT2D eigenvalue weighted by Gasteiger charge is 2.18. The quantitative estimate of drug-likeness (QED) is 0.256. The molecule has 152 valence electrons. The van der Waals surface area contributed by atoms with Crippen molar-refractivity contribution in [2.24, 2.45) is 5.73 Å². The lowest BCUT2D eigenvalue weighted by atomic mass is 10.1. The molecule has 0 unspecified atom stereocenters. The third kappa shape index (κ3) is 12.4. The molecule has 27 heavy (non-hydrogen) atoms. The number of unbranched alkanes of at least 4 members (excludes halogenated alkanes) is 10. The van der Waals surface area contributed by atoms with Crippen molar-refractivity contribution < 1.29 is 14.3 Å². The summed E-state index contributed by atoms with van der Waals surface area (Å²) in [6, 6.07) is 8.70. The van der Waals surface area contributed by atoms with E-state index >= 15 is 0 Å². The van der Waals surface area contributed by atoms with E-state index in [1.54, 1.807) is 0 Å². The van der Waals surface area contributed by atoms with Gasteiger partial charge in [0.05, 0.1) is 0 Å². The molecule has 0 saturated heterocycles. The first kappa shape index (κ1) is 23.4. The summed E-state index contributed by atoms with van der Waals surface area (Å²) < 4.78 is 4.87. The van der Waals surface area contributed by atoms with Crippen molar-refractivity contribution in [3.63, 3.8) is 0 Å². The van der Waals surface area contributed by atoms with Crippen LogP contribution in [0.2, 0.25) is 0 Å². The fourth-order valence-electron chi connectivity index (χ4n) is 3.12. The summed E-state index contributed by atoms with van der Waals surface area (Å²) in [5.41, 5.74) is 6.79. The van der Waals surface area contributed by atoms with Crippen molar-refractivity contribution >= 4 is 11.9 Å². The number of benzene rings is 1. The maximum Gasteiger partial charge on any atom is 0.330 e. The van der Waals surface area contributed by atoms with Gasteiger partial charge in [-0.1, -0.05) is 101 Å². The summed E-state index contributed by atoms with van der Waals surface area (Å²) in [5.74, 6) is -1.09. The molecular formula is C23H37NO3. The molecule has 0 aliphatic heterocycles. The van der Waals surface area contributed by atoms with Crippen LogP contribution in [0, 0.1) is 0 Å². The Bertz CT molecular complexity index is 516. The third-order valence-electron chi connectivity index (χ3n) is 4.80. The Labute approximate surface area is 164 Å². The van der Waals surface area contributed by atoms with Gasteiger partial charge in [0.1, 0.15) is 6.04 Å². The number of esters is 2. The van der Waals surface area contributed by atoms with Crippen LogP contribution in [0.5, 0.6) is 0 Å². The van der Waals surface area contributed by atoms with Gasteiger partial charge in [-0.3, -0.25) is 4.79 Å². The topological polar surface area (TPSA) is 69.4 Å². The van der Waals surface area contributed by atoms with E-state index in [0.717, 1.165) is 24.8 Å². The number of carbonyl (C=O) groups is 2. The second kappa shape index (κ2) is 15.4. The van der Waals surface area contributed by atoms with Crippen LogP contribution in [-0.2, 0) is 20.7 Å². The number of rotatable bonds is 15. The zero-order chi connectivity index (χ0) is 19.7. The predicted octanol–water partition coefficient (Wildman–Crippen LogP) is 5.33. The van der Waals surface area contributed by atoms with Crippen LogP contribution in [0.4, 0.5) is 0 Å². The standard InChI is InChI=1S/C23H37NO3/c1-2-3-4-5-6-7-8-9-10-11-15-18-22(25)27-23(26)21(24)19-20-16-13-12-14-17-20/h12-14,16-17,21H,2-11,15,18-19,24H2,1H3/t21-/m0/s1. The first-order valence-electron chi connectivity index (χ1n) is 10.7.